The van der Waals surface area contributed by atoms with Crippen LogP contribution in [0.4, 0.5) is 0 Å². The molecule has 0 bridgehead atoms. The van der Waals surface area contributed by atoms with E-state index < -0.39 is 0 Å². The van der Waals surface area contributed by atoms with Gasteiger partial charge in [0.25, 0.3) is 0 Å². The highest BCUT2D eigenvalue weighted by Gasteiger charge is 2.23. The lowest BCUT2D eigenvalue weighted by atomic mass is 9.91. The Morgan fingerprint density at radius 2 is 1.84 bits per heavy atom. The monoisotopic (exact) mass is 290 g/mol. The largest absolute Gasteiger partial charge is 0.355 e. The number of carbonyl (C=O) groups is 1. The molecule has 1 fully saturated rings. The fourth-order valence-corrected chi connectivity index (χ4v) is 2.83. The molecule has 0 aromatic rings. The highest BCUT2D eigenvalue weighted by molar-refractivity contribution is 5.85. The van der Waals surface area contributed by atoms with Gasteiger partial charge in [-0.05, 0) is 31.7 Å². The van der Waals surface area contributed by atoms with Gasteiger partial charge in [-0.25, -0.2) is 0 Å². The summed E-state index contributed by atoms with van der Waals surface area (Å²) in [6.07, 6.45) is 8.62. The predicted molar refractivity (Wildman–Crippen MR) is 83.8 cm³/mol. The van der Waals surface area contributed by atoms with Gasteiger partial charge in [-0.3, -0.25) is 4.79 Å². The SMILES string of the molecule is CCCNCCNC(=O)C(CC)CC1CCCC1.Cl. The summed E-state index contributed by atoms with van der Waals surface area (Å²) in [5.74, 6) is 1.31. The van der Waals surface area contributed by atoms with Crippen LogP contribution in [0.5, 0.6) is 0 Å². The molecule has 0 aromatic heterocycles. The minimum Gasteiger partial charge on any atom is -0.355 e. The number of hydrogen-bond donors (Lipinski definition) is 2. The molecule has 0 heterocycles. The van der Waals surface area contributed by atoms with E-state index >= 15 is 0 Å². The average molecular weight is 291 g/mol. The Morgan fingerprint density at radius 1 is 1.16 bits per heavy atom. The molecule has 1 unspecified atom stereocenters. The van der Waals surface area contributed by atoms with Gasteiger partial charge >= 0.3 is 0 Å². The highest BCUT2D eigenvalue weighted by atomic mass is 35.5. The van der Waals surface area contributed by atoms with Gasteiger partial charge in [0.1, 0.15) is 0 Å². The first-order valence-electron chi connectivity index (χ1n) is 7.76. The molecule has 1 atom stereocenters. The van der Waals surface area contributed by atoms with E-state index in [0.29, 0.717) is 0 Å². The third-order valence-electron chi connectivity index (χ3n) is 3.98. The number of amides is 1. The summed E-state index contributed by atoms with van der Waals surface area (Å²) in [6, 6.07) is 0. The van der Waals surface area contributed by atoms with Crippen LogP contribution in [0.2, 0.25) is 0 Å². The zero-order valence-electron chi connectivity index (χ0n) is 12.5. The molecular formula is C15H31ClN2O. The Morgan fingerprint density at radius 3 is 2.42 bits per heavy atom. The van der Waals surface area contributed by atoms with Gasteiger partial charge in [0.15, 0.2) is 0 Å². The third-order valence-corrected chi connectivity index (χ3v) is 3.98. The van der Waals surface area contributed by atoms with Crippen molar-refractivity contribution in [3.05, 3.63) is 0 Å². The molecule has 1 aliphatic rings. The van der Waals surface area contributed by atoms with Gasteiger partial charge in [0, 0.05) is 19.0 Å². The van der Waals surface area contributed by atoms with Crippen molar-refractivity contribution in [2.24, 2.45) is 11.8 Å². The summed E-state index contributed by atoms with van der Waals surface area (Å²) in [6.45, 7) is 6.98. The Bertz CT molecular complexity index is 230. The average Bonchev–Trinajstić information content (AvgIpc) is 2.88. The quantitative estimate of drug-likeness (QED) is 0.641. The summed E-state index contributed by atoms with van der Waals surface area (Å²) in [4.78, 5) is 12.1. The molecule has 19 heavy (non-hydrogen) atoms. The summed E-state index contributed by atoms with van der Waals surface area (Å²) in [5, 5.41) is 6.37. The Balaban J connectivity index is 0.00000324. The second kappa shape index (κ2) is 11.5. The van der Waals surface area contributed by atoms with Crippen molar-refractivity contribution in [3.63, 3.8) is 0 Å². The van der Waals surface area contributed by atoms with Crippen molar-refractivity contribution >= 4 is 18.3 Å². The van der Waals surface area contributed by atoms with Crippen molar-refractivity contribution in [1.29, 1.82) is 0 Å². The van der Waals surface area contributed by atoms with Crippen LogP contribution in [0.25, 0.3) is 0 Å². The molecule has 0 radical (unpaired) electrons. The maximum Gasteiger partial charge on any atom is 0.223 e. The lowest BCUT2D eigenvalue weighted by Gasteiger charge is -2.18. The Kier molecular flexibility index (Phi) is 11.4. The van der Waals surface area contributed by atoms with E-state index in [2.05, 4.69) is 24.5 Å². The molecule has 0 saturated heterocycles. The van der Waals surface area contributed by atoms with E-state index in [1.165, 1.54) is 25.7 Å². The van der Waals surface area contributed by atoms with E-state index in [9.17, 15) is 4.79 Å². The molecular weight excluding hydrogens is 260 g/mol. The maximum absolute atomic E-state index is 12.1. The van der Waals surface area contributed by atoms with Crippen LogP contribution in [-0.2, 0) is 4.79 Å². The first-order valence-corrected chi connectivity index (χ1v) is 7.76. The fourth-order valence-electron chi connectivity index (χ4n) is 2.83. The molecule has 0 spiro atoms. The minimum absolute atomic E-state index is 0. The standard InChI is InChI=1S/C15H30N2O.ClH/c1-3-9-16-10-11-17-15(18)14(4-2)12-13-7-5-6-8-13;/h13-14,16H,3-12H2,1-2H3,(H,17,18);1H. The highest BCUT2D eigenvalue weighted by Crippen LogP contribution is 2.31. The summed E-state index contributed by atoms with van der Waals surface area (Å²) in [7, 11) is 0. The van der Waals surface area contributed by atoms with Crippen molar-refractivity contribution in [2.45, 2.75) is 58.8 Å². The van der Waals surface area contributed by atoms with E-state index in [4.69, 9.17) is 0 Å². The summed E-state index contributed by atoms with van der Waals surface area (Å²) < 4.78 is 0. The first kappa shape index (κ1) is 18.7. The van der Waals surface area contributed by atoms with Gasteiger partial charge in [0.2, 0.25) is 5.91 Å². The molecule has 114 valence electrons. The minimum atomic E-state index is 0. The number of hydrogen-bond acceptors (Lipinski definition) is 2. The second-order valence-corrected chi connectivity index (χ2v) is 5.53. The van der Waals surface area contributed by atoms with Crippen molar-refractivity contribution in [3.8, 4) is 0 Å². The van der Waals surface area contributed by atoms with E-state index in [-0.39, 0.29) is 24.2 Å². The lowest BCUT2D eigenvalue weighted by Crippen LogP contribution is -2.36. The molecule has 1 rings (SSSR count). The summed E-state index contributed by atoms with van der Waals surface area (Å²) in [5.41, 5.74) is 0. The van der Waals surface area contributed by atoms with Crippen LogP contribution in [0.1, 0.15) is 58.8 Å². The van der Waals surface area contributed by atoms with E-state index in [1.807, 2.05) is 0 Å². The predicted octanol–water partition coefficient (Wildman–Crippen LogP) is 3.13. The zero-order valence-corrected chi connectivity index (χ0v) is 13.4. The van der Waals surface area contributed by atoms with Crippen LogP contribution >= 0.6 is 12.4 Å². The first-order chi connectivity index (χ1) is 8.77. The van der Waals surface area contributed by atoms with Crippen LogP contribution in [-0.4, -0.2) is 25.5 Å². The number of carbonyl (C=O) groups excluding carboxylic acids is 1. The molecule has 3 nitrogen and oxygen atoms in total. The number of halogens is 1. The third kappa shape index (κ3) is 7.78. The fraction of sp³-hybridized carbons (Fsp3) is 0.933. The normalized spacial score (nSPS) is 16.9. The molecule has 0 aromatic carbocycles. The van der Waals surface area contributed by atoms with E-state index in [0.717, 1.165) is 44.8 Å². The van der Waals surface area contributed by atoms with Crippen LogP contribution in [0.3, 0.4) is 0 Å². The van der Waals surface area contributed by atoms with E-state index in [1.54, 1.807) is 0 Å². The topological polar surface area (TPSA) is 41.1 Å². The molecule has 1 amide bonds. The van der Waals surface area contributed by atoms with Gasteiger partial charge < -0.3 is 10.6 Å². The molecule has 1 aliphatic carbocycles. The van der Waals surface area contributed by atoms with Gasteiger partial charge in [0.05, 0.1) is 0 Å². The smallest absolute Gasteiger partial charge is 0.223 e. The Hall–Kier alpha value is -0.280. The van der Waals surface area contributed by atoms with Crippen LogP contribution in [0.15, 0.2) is 0 Å². The molecule has 4 heteroatoms. The van der Waals surface area contributed by atoms with Gasteiger partial charge in [-0.1, -0.05) is 39.5 Å². The number of nitrogens with one attached hydrogen (secondary N) is 2. The lowest BCUT2D eigenvalue weighted by molar-refractivity contribution is -0.125. The van der Waals surface area contributed by atoms with Gasteiger partial charge in [-0.2, -0.15) is 0 Å². The van der Waals surface area contributed by atoms with Crippen molar-refractivity contribution in [2.75, 3.05) is 19.6 Å². The maximum atomic E-state index is 12.1. The summed E-state index contributed by atoms with van der Waals surface area (Å²) >= 11 is 0. The van der Waals surface area contributed by atoms with Crippen molar-refractivity contribution < 1.29 is 4.79 Å². The van der Waals surface area contributed by atoms with Crippen LogP contribution < -0.4 is 10.6 Å². The van der Waals surface area contributed by atoms with Crippen LogP contribution in [0, 0.1) is 11.8 Å². The van der Waals surface area contributed by atoms with Crippen molar-refractivity contribution in [1.82, 2.24) is 10.6 Å². The second-order valence-electron chi connectivity index (χ2n) is 5.53. The Labute approximate surface area is 124 Å². The molecule has 2 N–H and O–H groups in total. The van der Waals surface area contributed by atoms with Gasteiger partial charge in [-0.15, -0.1) is 12.4 Å². The number of rotatable bonds is 9. The molecule has 1 saturated carbocycles. The molecule has 0 aliphatic heterocycles. The zero-order chi connectivity index (χ0) is 13.2.